The number of carbonyl (C=O) groups excluding carboxylic acids is 3. The number of nitrogens with zero attached hydrogens (tertiary/aromatic N) is 2. The largest absolute Gasteiger partial charge is 0.497 e. The van der Waals surface area contributed by atoms with Gasteiger partial charge >= 0.3 is 6.09 Å². The molecule has 1 aromatic heterocycles. The van der Waals surface area contributed by atoms with Gasteiger partial charge < -0.3 is 24.4 Å². The first-order valence-corrected chi connectivity index (χ1v) is 12.1. The van der Waals surface area contributed by atoms with E-state index in [0.29, 0.717) is 12.3 Å². The van der Waals surface area contributed by atoms with Gasteiger partial charge in [0.25, 0.3) is 0 Å². The number of methoxy groups -OCH3 is 1. The van der Waals surface area contributed by atoms with Crippen molar-refractivity contribution in [3.63, 3.8) is 0 Å². The molecule has 1 aliphatic heterocycles. The van der Waals surface area contributed by atoms with Gasteiger partial charge in [-0.2, -0.15) is 0 Å². The van der Waals surface area contributed by atoms with E-state index in [1.807, 2.05) is 45.0 Å². The number of amides is 2. The molecule has 0 radical (unpaired) electrons. The maximum absolute atomic E-state index is 13.7. The minimum Gasteiger partial charge on any atom is -0.497 e. The van der Waals surface area contributed by atoms with Crippen molar-refractivity contribution in [2.24, 2.45) is 5.41 Å². The highest BCUT2D eigenvalue weighted by molar-refractivity contribution is 5.92. The van der Waals surface area contributed by atoms with E-state index < -0.39 is 35.3 Å². The Kier molecular flexibility index (Phi) is 7.81. The number of pyridine rings is 1. The van der Waals surface area contributed by atoms with Crippen LogP contribution in [0.15, 0.2) is 30.5 Å². The lowest BCUT2D eigenvalue weighted by Crippen LogP contribution is -2.57. The first kappa shape index (κ1) is 27.2. The number of rotatable bonds is 6. The lowest BCUT2D eigenvalue weighted by molar-refractivity contribution is -0.141. The lowest BCUT2D eigenvalue weighted by atomic mass is 9.85. The third-order valence-corrected chi connectivity index (χ3v) is 6.00. The lowest BCUT2D eigenvalue weighted by Gasteiger charge is -2.35. The summed E-state index contributed by atoms with van der Waals surface area (Å²) in [7, 11) is 1.61. The molecule has 0 saturated carbocycles. The number of alkyl carbamates (subject to hydrolysis) is 1. The maximum Gasteiger partial charge on any atom is 0.408 e. The van der Waals surface area contributed by atoms with Crippen LogP contribution >= 0.6 is 0 Å². The number of likely N-dealkylation sites (tertiary alicyclic amines) is 1. The number of carbonyl (C=O) groups is 3. The summed E-state index contributed by atoms with van der Waals surface area (Å²) >= 11 is 0. The molecule has 1 unspecified atom stereocenters. The van der Waals surface area contributed by atoms with Crippen molar-refractivity contribution in [1.82, 2.24) is 15.2 Å². The van der Waals surface area contributed by atoms with E-state index in [9.17, 15) is 14.4 Å². The zero-order valence-corrected chi connectivity index (χ0v) is 22.4. The molecule has 0 spiro atoms. The third kappa shape index (κ3) is 6.44. The SMILES string of the molecule is COc1ccc2c(OC3C[C@@H](C(C)=O)N(C(=O)[C@@H](NC(=O)OC(C)(C)C)C(C)(C)C)C3)nccc2c1. The first-order valence-electron chi connectivity index (χ1n) is 12.1. The fraction of sp³-hybridized carbons (Fsp3) is 0.556. The number of ether oxygens (including phenoxy) is 3. The Balaban J connectivity index is 1.83. The zero-order valence-electron chi connectivity index (χ0n) is 22.4. The average Bonchev–Trinajstić information content (AvgIpc) is 3.19. The van der Waals surface area contributed by atoms with Crippen LogP contribution < -0.4 is 14.8 Å². The fourth-order valence-electron chi connectivity index (χ4n) is 4.26. The van der Waals surface area contributed by atoms with Crippen molar-refractivity contribution < 1.29 is 28.6 Å². The van der Waals surface area contributed by atoms with E-state index in [0.717, 1.165) is 16.5 Å². The van der Waals surface area contributed by atoms with Gasteiger partial charge in [0.2, 0.25) is 11.8 Å². The molecule has 1 saturated heterocycles. The Morgan fingerprint density at radius 1 is 1.11 bits per heavy atom. The van der Waals surface area contributed by atoms with Gasteiger partial charge in [0.15, 0.2) is 5.78 Å². The normalized spacial score (nSPS) is 19.1. The number of hydrogen-bond acceptors (Lipinski definition) is 7. The molecular weight excluding hydrogens is 462 g/mol. The molecule has 9 heteroatoms. The molecule has 3 atom stereocenters. The van der Waals surface area contributed by atoms with Crippen molar-refractivity contribution >= 4 is 28.6 Å². The highest BCUT2D eigenvalue weighted by atomic mass is 16.6. The van der Waals surface area contributed by atoms with Gasteiger partial charge in [-0.15, -0.1) is 0 Å². The summed E-state index contributed by atoms with van der Waals surface area (Å²) in [6.07, 6.45) is 0.860. The molecule has 1 fully saturated rings. The predicted molar refractivity (Wildman–Crippen MR) is 136 cm³/mol. The Hall–Kier alpha value is -3.36. The fourth-order valence-corrected chi connectivity index (χ4v) is 4.26. The molecule has 1 aromatic carbocycles. The van der Waals surface area contributed by atoms with E-state index in [1.165, 1.54) is 11.8 Å². The monoisotopic (exact) mass is 499 g/mol. The molecule has 2 heterocycles. The summed E-state index contributed by atoms with van der Waals surface area (Å²) < 4.78 is 16.9. The first-order chi connectivity index (χ1) is 16.7. The van der Waals surface area contributed by atoms with E-state index >= 15 is 0 Å². The maximum atomic E-state index is 13.7. The molecule has 196 valence electrons. The molecule has 2 amide bonds. The van der Waals surface area contributed by atoms with Crippen LogP contribution in [0.4, 0.5) is 4.79 Å². The summed E-state index contributed by atoms with van der Waals surface area (Å²) in [4.78, 5) is 44.7. The van der Waals surface area contributed by atoms with Crippen molar-refractivity contribution in [3.05, 3.63) is 30.5 Å². The topological polar surface area (TPSA) is 107 Å². The molecule has 1 aliphatic rings. The second-order valence-corrected chi connectivity index (χ2v) is 11.2. The molecule has 0 bridgehead atoms. The highest BCUT2D eigenvalue weighted by Gasteiger charge is 2.45. The Morgan fingerprint density at radius 2 is 1.81 bits per heavy atom. The third-order valence-electron chi connectivity index (χ3n) is 6.00. The van der Waals surface area contributed by atoms with Crippen LogP contribution in [0.1, 0.15) is 54.9 Å². The smallest absolute Gasteiger partial charge is 0.408 e. The van der Waals surface area contributed by atoms with Crippen LogP contribution in [0.2, 0.25) is 0 Å². The number of aromatic nitrogens is 1. The number of benzene rings is 1. The Labute approximate surface area is 212 Å². The van der Waals surface area contributed by atoms with Crippen molar-refractivity contribution in [2.45, 2.75) is 78.7 Å². The Morgan fingerprint density at radius 3 is 2.39 bits per heavy atom. The van der Waals surface area contributed by atoms with Crippen molar-refractivity contribution in [2.75, 3.05) is 13.7 Å². The zero-order chi connectivity index (χ0) is 26.8. The standard InChI is InChI=1S/C27H37N3O6/c1-16(31)21-14-19(35-23-20-10-9-18(34-8)13-17(20)11-12-28-23)15-30(21)24(32)22(26(2,3)4)29-25(33)36-27(5,6)7/h9-13,19,21-22H,14-15H2,1-8H3,(H,29,33)/t19?,21-,22+/m0/s1. The second kappa shape index (κ2) is 10.3. The number of hydrogen-bond donors (Lipinski definition) is 1. The number of nitrogens with one attached hydrogen (secondary N) is 1. The summed E-state index contributed by atoms with van der Waals surface area (Å²) in [6, 6.07) is 5.90. The van der Waals surface area contributed by atoms with Crippen LogP contribution in [-0.2, 0) is 14.3 Å². The van der Waals surface area contributed by atoms with Crippen molar-refractivity contribution in [1.29, 1.82) is 0 Å². The average molecular weight is 500 g/mol. The molecule has 2 aromatic rings. The quantitative estimate of drug-likeness (QED) is 0.637. The van der Waals surface area contributed by atoms with Gasteiger partial charge in [-0.3, -0.25) is 9.59 Å². The van der Waals surface area contributed by atoms with E-state index in [2.05, 4.69) is 10.3 Å². The van der Waals surface area contributed by atoms with E-state index in [1.54, 1.807) is 34.1 Å². The predicted octanol–water partition coefficient (Wildman–Crippen LogP) is 4.12. The second-order valence-electron chi connectivity index (χ2n) is 11.2. The number of fused-ring (bicyclic) bond motifs is 1. The summed E-state index contributed by atoms with van der Waals surface area (Å²) in [5.41, 5.74) is -1.33. The minimum atomic E-state index is -0.893. The Bertz CT molecular complexity index is 1130. The summed E-state index contributed by atoms with van der Waals surface area (Å²) in [5.74, 6) is 0.654. The molecule has 36 heavy (non-hydrogen) atoms. The number of ketones is 1. The van der Waals surface area contributed by atoms with Gasteiger partial charge in [0, 0.05) is 18.0 Å². The van der Waals surface area contributed by atoms with Gasteiger partial charge in [0.1, 0.15) is 23.5 Å². The van der Waals surface area contributed by atoms with Crippen LogP contribution in [0, 0.1) is 5.41 Å². The molecule has 9 nitrogen and oxygen atoms in total. The number of Topliss-reactive ketones (excluding diaryl/α,β-unsaturated/α-hetero) is 1. The molecule has 0 aliphatic carbocycles. The van der Waals surface area contributed by atoms with Gasteiger partial charge in [-0.05, 0) is 62.8 Å². The van der Waals surface area contributed by atoms with Crippen molar-refractivity contribution in [3.8, 4) is 11.6 Å². The van der Waals surface area contributed by atoms with E-state index in [4.69, 9.17) is 14.2 Å². The van der Waals surface area contributed by atoms with Crippen LogP contribution in [0.25, 0.3) is 10.8 Å². The molecule has 3 rings (SSSR count). The highest BCUT2D eigenvalue weighted by Crippen LogP contribution is 2.31. The summed E-state index contributed by atoms with van der Waals surface area (Å²) in [6.45, 7) is 12.5. The molecule has 1 N–H and O–H groups in total. The van der Waals surface area contributed by atoms with Gasteiger partial charge in [-0.1, -0.05) is 20.8 Å². The summed E-state index contributed by atoms with van der Waals surface area (Å²) in [5, 5.41) is 4.43. The van der Waals surface area contributed by atoms with E-state index in [-0.39, 0.29) is 18.2 Å². The van der Waals surface area contributed by atoms with Crippen LogP contribution in [0.5, 0.6) is 11.6 Å². The van der Waals surface area contributed by atoms with Gasteiger partial charge in [-0.25, -0.2) is 9.78 Å². The minimum absolute atomic E-state index is 0.144. The van der Waals surface area contributed by atoms with Gasteiger partial charge in [0.05, 0.1) is 19.7 Å². The van der Waals surface area contributed by atoms with Crippen LogP contribution in [-0.4, -0.2) is 65.1 Å². The van der Waals surface area contributed by atoms with Crippen LogP contribution in [0.3, 0.4) is 0 Å². The molecular formula is C27H37N3O6.